The molecule has 0 spiro atoms. The first-order valence-electron chi connectivity index (χ1n) is 9.33. The van der Waals surface area contributed by atoms with Crippen LogP contribution in [0.25, 0.3) is 0 Å². The van der Waals surface area contributed by atoms with Crippen molar-refractivity contribution in [3.05, 3.63) is 70.8 Å². The zero-order chi connectivity index (χ0) is 18.6. The predicted octanol–water partition coefficient (Wildman–Crippen LogP) is 3.89. The number of carbonyl (C=O) groups is 1. The second-order valence-electron chi connectivity index (χ2n) is 6.90. The normalized spacial score (nSPS) is 14.7. The minimum Gasteiger partial charge on any atom is -0.450 e. The maximum absolute atomic E-state index is 11.8. The smallest absolute Gasteiger partial charge is 0.409 e. The SMILES string of the molecule is CCOC(=O)N(C)CCCC1(O)c2ccccc2CCc2ccccc21. The van der Waals surface area contributed by atoms with E-state index >= 15 is 0 Å². The molecule has 0 bridgehead atoms. The van der Waals surface area contributed by atoms with Gasteiger partial charge in [-0.3, -0.25) is 0 Å². The Morgan fingerprint density at radius 3 is 2.15 bits per heavy atom. The molecule has 0 atom stereocenters. The van der Waals surface area contributed by atoms with Gasteiger partial charge in [-0.2, -0.15) is 0 Å². The van der Waals surface area contributed by atoms with Crippen LogP contribution < -0.4 is 0 Å². The fraction of sp³-hybridized carbons (Fsp3) is 0.409. The van der Waals surface area contributed by atoms with E-state index in [9.17, 15) is 9.90 Å². The van der Waals surface area contributed by atoms with Crippen molar-refractivity contribution in [3.8, 4) is 0 Å². The van der Waals surface area contributed by atoms with Crippen LogP contribution in [0.5, 0.6) is 0 Å². The summed E-state index contributed by atoms with van der Waals surface area (Å²) in [4.78, 5) is 13.4. The zero-order valence-electron chi connectivity index (χ0n) is 15.6. The van der Waals surface area contributed by atoms with Gasteiger partial charge >= 0.3 is 6.09 Å². The van der Waals surface area contributed by atoms with Gasteiger partial charge in [0.05, 0.1) is 6.61 Å². The number of aliphatic hydroxyl groups is 1. The summed E-state index contributed by atoms with van der Waals surface area (Å²) in [7, 11) is 1.73. The number of hydrogen-bond donors (Lipinski definition) is 1. The molecule has 0 heterocycles. The van der Waals surface area contributed by atoms with Crippen LogP contribution in [0.15, 0.2) is 48.5 Å². The molecule has 0 aliphatic heterocycles. The van der Waals surface area contributed by atoms with Gasteiger partial charge < -0.3 is 14.7 Å². The molecular weight excluding hydrogens is 326 g/mol. The van der Waals surface area contributed by atoms with Crippen LogP contribution in [-0.2, 0) is 23.2 Å². The van der Waals surface area contributed by atoms with Gasteiger partial charge in [0, 0.05) is 13.6 Å². The van der Waals surface area contributed by atoms with Crippen molar-refractivity contribution in [2.24, 2.45) is 0 Å². The molecule has 0 fully saturated rings. The van der Waals surface area contributed by atoms with E-state index in [2.05, 4.69) is 12.1 Å². The van der Waals surface area contributed by atoms with Crippen molar-refractivity contribution >= 4 is 6.09 Å². The van der Waals surface area contributed by atoms with E-state index in [1.54, 1.807) is 18.9 Å². The number of nitrogens with zero attached hydrogens (tertiary/aromatic N) is 1. The lowest BCUT2D eigenvalue weighted by Crippen LogP contribution is -2.32. The van der Waals surface area contributed by atoms with Gasteiger partial charge in [0.25, 0.3) is 0 Å². The van der Waals surface area contributed by atoms with Crippen molar-refractivity contribution in [3.63, 3.8) is 0 Å². The molecule has 138 valence electrons. The largest absolute Gasteiger partial charge is 0.450 e. The summed E-state index contributed by atoms with van der Waals surface area (Å²) in [5, 5.41) is 11.8. The van der Waals surface area contributed by atoms with Crippen LogP contribution >= 0.6 is 0 Å². The molecule has 1 aliphatic carbocycles. The van der Waals surface area contributed by atoms with Crippen LogP contribution in [-0.4, -0.2) is 36.3 Å². The molecule has 4 nitrogen and oxygen atoms in total. The first kappa shape index (κ1) is 18.5. The quantitative estimate of drug-likeness (QED) is 0.887. The fourth-order valence-corrected chi connectivity index (χ4v) is 3.86. The van der Waals surface area contributed by atoms with E-state index in [1.165, 1.54) is 11.1 Å². The lowest BCUT2D eigenvalue weighted by atomic mass is 9.80. The molecule has 4 heteroatoms. The molecule has 0 unspecified atom stereocenters. The Morgan fingerprint density at radius 1 is 1.08 bits per heavy atom. The highest BCUT2D eigenvalue weighted by molar-refractivity contribution is 5.67. The number of aryl methyl sites for hydroxylation is 2. The summed E-state index contributed by atoms with van der Waals surface area (Å²) in [6.45, 7) is 2.72. The van der Waals surface area contributed by atoms with E-state index in [1.807, 2.05) is 36.4 Å². The van der Waals surface area contributed by atoms with E-state index in [-0.39, 0.29) is 6.09 Å². The summed E-state index contributed by atoms with van der Waals surface area (Å²) in [5.41, 5.74) is 3.35. The van der Waals surface area contributed by atoms with E-state index < -0.39 is 5.60 Å². The van der Waals surface area contributed by atoms with Crippen molar-refractivity contribution in [1.29, 1.82) is 0 Å². The highest BCUT2D eigenvalue weighted by atomic mass is 16.5. The van der Waals surface area contributed by atoms with Crippen LogP contribution in [0.3, 0.4) is 0 Å². The maximum Gasteiger partial charge on any atom is 0.409 e. The number of rotatable bonds is 5. The Bertz CT molecular complexity index is 724. The molecule has 0 radical (unpaired) electrons. The highest BCUT2D eigenvalue weighted by Crippen LogP contribution is 2.40. The van der Waals surface area contributed by atoms with Gasteiger partial charge in [-0.1, -0.05) is 48.5 Å². The number of ether oxygens (including phenoxy) is 1. The van der Waals surface area contributed by atoms with Gasteiger partial charge in [0.2, 0.25) is 0 Å². The first-order valence-corrected chi connectivity index (χ1v) is 9.33. The number of carbonyl (C=O) groups excluding carboxylic acids is 1. The zero-order valence-corrected chi connectivity index (χ0v) is 15.6. The number of amides is 1. The average molecular weight is 353 g/mol. The molecule has 0 saturated carbocycles. The first-order chi connectivity index (χ1) is 12.6. The molecule has 1 amide bonds. The van der Waals surface area contributed by atoms with E-state index in [0.29, 0.717) is 26.0 Å². The molecule has 2 aromatic carbocycles. The van der Waals surface area contributed by atoms with Crippen LogP contribution in [0.2, 0.25) is 0 Å². The molecule has 0 aromatic heterocycles. The summed E-state index contributed by atoms with van der Waals surface area (Å²) in [5.74, 6) is 0. The van der Waals surface area contributed by atoms with Crippen LogP contribution in [0.1, 0.15) is 42.0 Å². The lowest BCUT2D eigenvalue weighted by molar-refractivity contribution is 0.0631. The van der Waals surface area contributed by atoms with Crippen molar-refractivity contribution in [2.45, 2.75) is 38.2 Å². The molecule has 1 N–H and O–H groups in total. The van der Waals surface area contributed by atoms with Gasteiger partial charge in [-0.15, -0.1) is 0 Å². The summed E-state index contributed by atoms with van der Waals surface area (Å²) < 4.78 is 5.03. The maximum atomic E-state index is 11.8. The number of fused-ring (bicyclic) bond motifs is 2. The van der Waals surface area contributed by atoms with Crippen molar-refractivity contribution in [1.82, 2.24) is 4.90 Å². The Hall–Kier alpha value is -2.33. The minimum atomic E-state index is -1.03. The molecular formula is C22H27NO3. The predicted molar refractivity (Wildman–Crippen MR) is 102 cm³/mol. The number of benzene rings is 2. The van der Waals surface area contributed by atoms with E-state index in [4.69, 9.17) is 4.74 Å². The van der Waals surface area contributed by atoms with Gasteiger partial charge in [0.15, 0.2) is 0 Å². The van der Waals surface area contributed by atoms with E-state index in [0.717, 1.165) is 24.0 Å². The summed E-state index contributed by atoms with van der Waals surface area (Å²) in [6, 6.07) is 16.3. The third kappa shape index (κ3) is 3.61. The van der Waals surface area contributed by atoms with Gasteiger partial charge in [0.1, 0.15) is 5.60 Å². The van der Waals surface area contributed by atoms with Gasteiger partial charge in [-0.05, 0) is 54.9 Å². The third-order valence-corrected chi connectivity index (χ3v) is 5.20. The van der Waals surface area contributed by atoms with Crippen LogP contribution in [0.4, 0.5) is 4.79 Å². The van der Waals surface area contributed by atoms with Crippen molar-refractivity contribution < 1.29 is 14.6 Å². The fourth-order valence-electron chi connectivity index (χ4n) is 3.86. The Labute approximate surface area is 155 Å². The Balaban J connectivity index is 1.86. The van der Waals surface area contributed by atoms with Gasteiger partial charge in [-0.25, -0.2) is 4.79 Å². The van der Waals surface area contributed by atoms with Crippen molar-refractivity contribution in [2.75, 3.05) is 20.2 Å². The lowest BCUT2D eigenvalue weighted by Gasteiger charge is -2.32. The summed E-state index contributed by atoms with van der Waals surface area (Å²) >= 11 is 0. The second kappa shape index (κ2) is 7.92. The molecule has 26 heavy (non-hydrogen) atoms. The molecule has 2 aromatic rings. The van der Waals surface area contributed by atoms with Crippen LogP contribution in [0, 0.1) is 0 Å². The molecule has 3 rings (SSSR count). The second-order valence-corrected chi connectivity index (χ2v) is 6.90. The third-order valence-electron chi connectivity index (χ3n) is 5.20. The standard InChI is InChI=1S/C22H27NO3/c1-3-26-21(24)23(2)16-8-15-22(25)19-11-6-4-9-17(19)13-14-18-10-5-7-12-20(18)22/h4-7,9-12,25H,3,8,13-16H2,1-2H3. The highest BCUT2D eigenvalue weighted by Gasteiger charge is 2.36. The minimum absolute atomic E-state index is 0.318. The average Bonchev–Trinajstić information content (AvgIpc) is 2.78. The Kier molecular flexibility index (Phi) is 5.62. The molecule has 1 aliphatic rings. The number of hydrogen-bond acceptors (Lipinski definition) is 3. The Morgan fingerprint density at radius 2 is 1.62 bits per heavy atom. The monoisotopic (exact) mass is 353 g/mol. The topological polar surface area (TPSA) is 49.8 Å². The molecule has 0 saturated heterocycles. The summed E-state index contributed by atoms with van der Waals surface area (Å²) in [6.07, 6.45) is 2.79.